The van der Waals surface area contributed by atoms with Crippen molar-refractivity contribution in [1.29, 1.82) is 0 Å². The van der Waals surface area contributed by atoms with Crippen LogP contribution in [0, 0.1) is 0 Å². The molecule has 0 spiro atoms. The second-order valence-corrected chi connectivity index (χ2v) is 5.07. The normalized spacial score (nSPS) is 13.5. The number of rotatable bonds is 3. The summed E-state index contributed by atoms with van der Waals surface area (Å²) in [4.78, 5) is 0. The van der Waals surface area contributed by atoms with Gasteiger partial charge < -0.3 is 5.73 Å². The van der Waals surface area contributed by atoms with E-state index in [0.29, 0.717) is 12.0 Å². The molecule has 7 heteroatoms. The van der Waals surface area contributed by atoms with Gasteiger partial charge in [0, 0.05) is 12.2 Å². The highest BCUT2D eigenvalue weighted by Crippen LogP contribution is 2.34. The summed E-state index contributed by atoms with van der Waals surface area (Å²) in [6, 6.07) is 3.89. The molecule has 0 saturated heterocycles. The molecule has 0 aliphatic carbocycles. The zero-order chi connectivity index (χ0) is 14.9. The minimum absolute atomic E-state index is 0.0576. The first-order valence-electron chi connectivity index (χ1n) is 5.93. The van der Waals surface area contributed by atoms with E-state index < -0.39 is 11.7 Å². The van der Waals surface area contributed by atoms with Crippen molar-refractivity contribution in [1.82, 2.24) is 9.78 Å². The molecule has 1 aromatic carbocycles. The third-order valence-corrected chi connectivity index (χ3v) is 2.92. The quantitative estimate of drug-likeness (QED) is 0.944. The Hall–Kier alpha value is -1.53. The van der Waals surface area contributed by atoms with Crippen LogP contribution < -0.4 is 5.73 Å². The van der Waals surface area contributed by atoms with Crippen molar-refractivity contribution in [2.24, 2.45) is 5.73 Å². The lowest BCUT2D eigenvalue weighted by atomic mass is 10.0. The van der Waals surface area contributed by atoms with Crippen molar-refractivity contribution in [3.8, 4) is 5.69 Å². The van der Waals surface area contributed by atoms with Crippen molar-refractivity contribution in [2.75, 3.05) is 0 Å². The van der Waals surface area contributed by atoms with Crippen molar-refractivity contribution in [3.63, 3.8) is 0 Å². The van der Waals surface area contributed by atoms with Gasteiger partial charge in [0.25, 0.3) is 0 Å². The van der Waals surface area contributed by atoms with Crippen LogP contribution in [0.15, 0.2) is 30.6 Å². The molecule has 108 valence electrons. The fraction of sp³-hybridized carbons (Fsp3) is 0.308. The first-order valence-corrected chi connectivity index (χ1v) is 6.31. The Labute approximate surface area is 119 Å². The predicted molar refractivity (Wildman–Crippen MR) is 70.9 cm³/mol. The van der Waals surface area contributed by atoms with Crippen LogP contribution in [0.4, 0.5) is 13.2 Å². The molecular formula is C13H13ClF3N3. The zero-order valence-electron chi connectivity index (χ0n) is 10.7. The summed E-state index contributed by atoms with van der Waals surface area (Å²) in [6.07, 6.45) is -1.47. The van der Waals surface area contributed by atoms with Crippen molar-refractivity contribution in [2.45, 2.75) is 25.6 Å². The van der Waals surface area contributed by atoms with Gasteiger partial charge >= 0.3 is 6.18 Å². The van der Waals surface area contributed by atoms with Crippen molar-refractivity contribution in [3.05, 3.63) is 46.7 Å². The highest BCUT2D eigenvalue weighted by atomic mass is 35.5. The molecule has 0 bridgehead atoms. The minimum Gasteiger partial charge on any atom is -0.328 e. The second-order valence-electron chi connectivity index (χ2n) is 4.63. The van der Waals surface area contributed by atoms with Crippen LogP contribution in [0.5, 0.6) is 0 Å². The van der Waals surface area contributed by atoms with Gasteiger partial charge in [0.2, 0.25) is 0 Å². The number of hydrogen-bond donors (Lipinski definition) is 1. The average molecular weight is 304 g/mol. The number of alkyl halides is 3. The fourth-order valence-electron chi connectivity index (χ4n) is 1.94. The molecule has 2 rings (SSSR count). The Bertz CT molecular complexity index is 605. The van der Waals surface area contributed by atoms with Crippen LogP contribution in [0.25, 0.3) is 5.69 Å². The first kappa shape index (κ1) is 14.9. The fourth-order valence-corrected chi connectivity index (χ4v) is 2.08. The average Bonchev–Trinajstić information content (AvgIpc) is 2.74. The number of halogens is 4. The topological polar surface area (TPSA) is 43.8 Å². The van der Waals surface area contributed by atoms with Crippen LogP contribution in [0.3, 0.4) is 0 Å². The SMILES string of the molecule is CC(N)Cc1ccc(-n2cc(Cl)cn2)c(C(F)(F)F)c1. The molecule has 0 amide bonds. The van der Waals surface area contributed by atoms with E-state index in [-0.39, 0.29) is 16.8 Å². The first-order chi connectivity index (χ1) is 9.27. The minimum atomic E-state index is -4.47. The number of benzene rings is 1. The van der Waals surface area contributed by atoms with Gasteiger partial charge in [0.15, 0.2) is 0 Å². The van der Waals surface area contributed by atoms with Gasteiger partial charge in [-0.05, 0) is 31.0 Å². The molecule has 1 atom stereocenters. The molecule has 0 aliphatic heterocycles. The highest BCUT2D eigenvalue weighted by Gasteiger charge is 2.34. The van der Waals surface area contributed by atoms with E-state index in [1.165, 1.54) is 18.5 Å². The maximum Gasteiger partial charge on any atom is 0.418 e. The third-order valence-electron chi connectivity index (χ3n) is 2.72. The smallest absolute Gasteiger partial charge is 0.328 e. The van der Waals surface area contributed by atoms with E-state index in [1.54, 1.807) is 13.0 Å². The van der Waals surface area contributed by atoms with E-state index in [0.717, 1.165) is 10.7 Å². The van der Waals surface area contributed by atoms with E-state index in [4.69, 9.17) is 17.3 Å². The Kier molecular flexibility index (Phi) is 4.06. The van der Waals surface area contributed by atoms with Crippen LogP contribution in [0.1, 0.15) is 18.1 Å². The van der Waals surface area contributed by atoms with E-state index in [9.17, 15) is 13.2 Å². The Morgan fingerprint density at radius 3 is 2.60 bits per heavy atom. The predicted octanol–water partition coefficient (Wildman–Crippen LogP) is 3.43. The van der Waals surface area contributed by atoms with Crippen LogP contribution >= 0.6 is 11.6 Å². The van der Waals surface area contributed by atoms with Gasteiger partial charge in [-0.3, -0.25) is 0 Å². The van der Waals surface area contributed by atoms with Gasteiger partial charge in [0.05, 0.1) is 22.5 Å². The summed E-state index contributed by atoms with van der Waals surface area (Å²) in [6.45, 7) is 1.74. The molecule has 0 radical (unpaired) electrons. The monoisotopic (exact) mass is 303 g/mol. The second kappa shape index (κ2) is 5.46. The maximum absolute atomic E-state index is 13.2. The molecule has 0 saturated carbocycles. The largest absolute Gasteiger partial charge is 0.418 e. The van der Waals surface area contributed by atoms with Crippen molar-refractivity contribution >= 4 is 11.6 Å². The molecular weight excluding hydrogens is 291 g/mol. The van der Waals surface area contributed by atoms with E-state index in [2.05, 4.69) is 5.10 Å². The summed E-state index contributed by atoms with van der Waals surface area (Å²) in [7, 11) is 0. The van der Waals surface area contributed by atoms with E-state index in [1.807, 2.05) is 0 Å². The lowest BCUT2D eigenvalue weighted by Crippen LogP contribution is -2.19. The molecule has 1 heterocycles. The van der Waals surface area contributed by atoms with Crippen molar-refractivity contribution < 1.29 is 13.2 Å². The number of nitrogens with zero attached hydrogens (tertiary/aromatic N) is 2. The Morgan fingerprint density at radius 2 is 2.10 bits per heavy atom. The van der Waals surface area contributed by atoms with Crippen LogP contribution in [0.2, 0.25) is 5.02 Å². The summed E-state index contributed by atoms with van der Waals surface area (Å²) >= 11 is 5.70. The number of hydrogen-bond acceptors (Lipinski definition) is 2. The summed E-state index contributed by atoms with van der Waals surface area (Å²) < 4.78 is 40.6. The Balaban J connectivity index is 2.51. The molecule has 2 aromatic rings. The third kappa shape index (κ3) is 3.32. The molecule has 3 nitrogen and oxygen atoms in total. The maximum atomic E-state index is 13.2. The molecule has 2 N–H and O–H groups in total. The van der Waals surface area contributed by atoms with Crippen LogP contribution in [-0.2, 0) is 12.6 Å². The van der Waals surface area contributed by atoms with Crippen LogP contribution in [-0.4, -0.2) is 15.8 Å². The molecule has 1 unspecified atom stereocenters. The summed E-state index contributed by atoms with van der Waals surface area (Å²) in [5.74, 6) is 0. The lowest BCUT2D eigenvalue weighted by molar-refractivity contribution is -0.137. The Morgan fingerprint density at radius 1 is 1.40 bits per heavy atom. The standard InChI is InChI=1S/C13H13ClF3N3/c1-8(18)4-9-2-3-12(11(5-9)13(15,16)17)20-7-10(14)6-19-20/h2-3,5-8H,4,18H2,1H3. The zero-order valence-corrected chi connectivity index (χ0v) is 11.4. The number of aromatic nitrogens is 2. The van der Waals surface area contributed by atoms with Gasteiger partial charge in [0.1, 0.15) is 0 Å². The molecule has 20 heavy (non-hydrogen) atoms. The summed E-state index contributed by atoms with van der Waals surface area (Å²) in [5.41, 5.74) is 5.34. The summed E-state index contributed by atoms with van der Waals surface area (Å²) in [5, 5.41) is 4.09. The lowest BCUT2D eigenvalue weighted by Gasteiger charge is -2.15. The number of nitrogens with two attached hydrogens (primary N) is 1. The molecule has 1 aromatic heterocycles. The van der Waals surface area contributed by atoms with Gasteiger partial charge in [-0.2, -0.15) is 18.3 Å². The highest BCUT2D eigenvalue weighted by molar-refractivity contribution is 6.30. The van der Waals surface area contributed by atoms with Gasteiger partial charge in [-0.25, -0.2) is 4.68 Å². The molecule has 0 fully saturated rings. The van der Waals surface area contributed by atoms with E-state index >= 15 is 0 Å². The van der Waals surface area contributed by atoms with Gasteiger partial charge in [-0.15, -0.1) is 0 Å². The molecule has 0 aliphatic rings. The van der Waals surface area contributed by atoms with Gasteiger partial charge in [-0.1, -0.05) is 17.7 Å².